The molecule has 0 bridgehead atoms. The van der Waals surface area contributed by atoms with Gasteiger partial charge in [-0.1, -0.05) is 0 Å². The van der Waals surface area contributed by atoms with E-state index in [0.717, 1.165) is 42.3 Å². The molecule has 1 saturated carbocycles. The zero-order chi connectivity index (χ0) is 19.1. The van der Waals surface area contributed by atoms with Gasteiger partial charge in [-0.25, -0.2) is 13.8 Å². The van der Waals surface area contributed by atoms with Gasteiger partial charge in [-0.15, -0.1) is 0 Å². The number of piperazine rings is 1. The lowest BCUT2D eigenvalue weighted by Gasteiger charge is -2.35. The number of rotatable bonds is 3. The Hall–Kier alpha value is -2.75. The van der Waals surface area contributed by atoms with E-state index < -0.39 is 17.5 Å². The largest absolute Gasteiger partial charge is 0.329 e. The van der Waals surface area contributed by atoms with Crippen LogP contribution >= 0.6 is 11.5 Å². The molecule has 2 heterocycles. The van der Waals surface area contributed by atoms with Crippen LogP contribution in [0.1, 0.15) is 39.9 Å². The van der Waals surface area contributed by atoms with Crippen LogP contribution in [0, 0.1) is 22.5 Å². The molecule has 7 nitrogen and oxygen atoms in total. The van der Waals surface area contributed by atoms with Gasteiger partial charge in [0.1, 0.15) is 11.7 Å². The van der Waals surface area contributed by atoms with E-state index in [4.69, 9.17) is 10.8 Å². The molecule has 0 radical (unpaired) electrons. The molecule has 1 aliphatic heterocycles. The summed E-state index contributed by atoms with van der Waals surface area (Å²) < 4.78 is 30.7. The number of hydrogen-bond acceptors (Lipinski definition) is 6. The van der Waals surface area contributed by atoms with Crippen LogP contribution in [0.2, 0.25) is 0 Å². The maximum Gasteiger partial charge on any atom is 0.254 e. The lowest BCUT2D eigenvalue weighted by atomic mass is 10.1. The molecule has 1 aromatic heterocycles. The van der Waals surface area contributed by atoms with Gasteiger partial charge in [0.05, 0.1) is 6.54 Å². The Balaban J connectivity index is 1.43. The summed E-state index contributed by atoms with van der Waals surface area (Å²) in [6, 6.07) is 2.99. The SMILES string of the molecule is N=C1CN(C(=O)c2ccc(F)c(F)c2)CCN1C(=N)c1nc(C2CC2)ns1. The van der Waals surface area contributed by atoms with Crippen LogP contribution in [0.5, 0.6) is 0 Å². The number of amidine groups is 2. The predicted molar refractivity (Wildman–Crippen MR) is 95.4 cm³/mol. The second-order valence-corrected chi connectivity index (χ2v) is 7.29. The fourth-order valence-electron chi connectivity index (χ4n) is 2.89. The van der Waals surface area contributed by atoms with Gasteiger partial charge in [0.15, 0.2) is 22.5 Å². The lowest BCUT2D eigenvalue weighted by Crippen LogP contribution is -2.53. The van der Waals surface area contributed by atoms with Gasteiger partial charge in [0.2, 0.25) is 0 Å². The highest BCUT2D eigenvalue weighted by Crippen LogP contribution is 2.38. The number of carbonyl (C=O) groups is 1. The molecule has 10 heteroatoms. The van der Waals surface area contributed by atoms with E-state index in [1.807, 2.05) is 0 Å². The average molecular weight is 390 g/mol. The van der Waals surface area contributed by atoms with Crippen molar-refractivity contribution in [3.63, 3.8) is 0 Å². The minimum atomic E-state index is -1.08. The van der Waals surface area contributed by atoms with E-state index in [1.165, 1.54) is 15.9 Å². The molecule has 27 heavy (non-hydrogen) atoms. The van der Waals surface area contributed by atoms with Crippen molar-refractivity contribution in [2.24, 2.45) is 0 Å². The molecule has 4 rings (SSSR count). The molecule has 1 saturated heterocycles. The van der Waals surface area contributed by atoms with Crippen LogP contribution in [0.4, 0.5) is 8.78 Å². The molecule has 1 aromatic carbocycles. The number of hydrogen-bond donors (Lipinski definition) is 2. The molecule has 2 aromatic rings. The number of nitrogens with zero attached hydrogens (tertiary/aromatic N) is 4. The summed E-state index contributed by atoms with van der Waals surface area (Å²) in [5, 5.41) is 17.0. The highest BCUT2D eigenvalue weighted by molar-refractivity contribution is 7.07. The lowest BCUT2D eigenvalue weighted by molar-refractivity contribution is 0.0756. The summed E-state index contributed by atoms with van der Waals surface area (Å²) in [6.07, 6.45) is 2.15. The Morgan fingerprint density at radius 1 is 1.22 bits per heavy atom. The molecule has 140 valence electrons. The van der Waals surface area contributed by atoms with Crippen molar-refractivity contribution < 1.29 is 13.6 Å². The minimum absolute atomic E-state index is 0.0194. The van der Waals surface area contributed by atoms with Crippen molar-refractivity contribution in [2.45, 2.75) is 18.8 Å². The standard InChI is InChI=1S/C17H16F2N6OS/c18-11-4-3-10(7-12(11)19)17(26)24-5-6-25(13(20)8-24)14(21)16-22-15(23-27-16)9-1-2-9/h3-4,7,9,20-21H,1-2,5-6,8H2. The highest BCUT2D eigenvalue weighted by atomic mass is 32.1. The van der Waals surface area contributed by atoms with E-state index in [-0.39, 0.29) is 36.9 Å². The third-order valence-electron chi connectivity index (χ3n) is 4.57. The molecule has 2 aliphatic rings. The topological polar surface area (TPSA) is 97.0 Å². The molecule has 2 N–H and O–H groups in total. The molecule has 0 atom stereocenters. The van der Waals surface area contributed by atoms with Crippen LogP contribution in [0.3, 0.4) is 0 Å². The number of amides is 1. The third kappa shape index (κ3) is 3.44. The Morgan fingerprint density at radius 3 is 2.67 bits per heavy atom. The molecule has 1 amide bonds. The first-order chi connectivity index (χ1) is 12.9. The Kier molecular flexibility index (Phi) is 4.42. The van der Waals surface area contributed by atoms with Crippen molar-refractivity contribution in [1.29, 1.82) is 10.8 Å². The van der Waals surface area contributed by atoms with Crippen LogP contribution in [-0.2, 0) is 0 Å². The Labute approximate surface area is 157 Å². The van der Waals surface area contributed by atoms with Crippen LogP contribution < -0.4 is 0 Å². The molecular formula is C17H16F2N6OS. The van der Waals surface area contributed by atoms with Crippen molar-refractivity contribution in [1.82, 2.24) is 19.2 Å². The number of aromatic nitrogens is 2. The monoisotopic (exact) mass is 390 g/mol. The van der Waals surface area contributed by atoms with Crippen LogP contribution in [-0.4, -0.2) is 56.4 Å². The van der Waals surface area contributed by atoms with Gasteiger partial charge in [0, 0.05) is 24.6 Å². The molecule has 0 unspecified atom stereocenters. The maximum atomic E-state index is 13.4. The van der Waals surface area contributed by atoms with Gasteiger partial charge in [-0.2, -0.15) is 4.37 Å². The van der Waals surface area contributed by atoms with Gasteiger partial charge < -0.3 is 9.80 Å². The average Bonchev–Trinajstić information content (AvgIpc) is 3.39. The van der Waals surface area contributed by atoms with Crippen molar-refractivity contribution in [3.8, 4) is 0 Å². The number of benzene rings is 1. The first-order valence-electron chi connectivity index (χ1n) is 8.46. The van der Waals surface area contributed by atoms with Crippen molar-refractivity contribution in [3.05, 3.63) is 46.2 Å². The van der Waals surface area contributed by atoms with E-state index in [0.29, 0.717) is 10.9 Å². The highest BCUT2D eigenvalue weighted by Gasteiger charge is 2.32. The minimum Gasteiger partial charge on any atom is -0.329 e. The molecule has 0 spiro atoms. The summed E-state index contributed by atoms with van der Waals surface area (Å²) in [7, 11) is 0. The van der Waals surface area contributed by atoms with Crippen LogP contribution in [0.25, 0.3) is 0 Å². The fourth-order valence-corrected chi connectivity index (χ4v) is 3.59. The Bertz CT molecular complexity index is 941. The Morgan fingerprint density at radius 2 is 2.00 bits per heavy atom. The van der Waals surface area contributed by atoms with Gasteiger partial charge in [-0.05, 0) is 42.6 Å². The van der Waals surface area contributed by atoms with Gasteiger partial charge >= 0.3 is 0 Å². The molecular weight excluding hydrogens is 374 g/mol. The first-order valence-corrected chi connectivity index (χ1v) is 9.23. The van der Waals surface area contributed by atoms with E-state index in [1.54, 1.807) is 0 Å². The summed E-state index contributed by atoms with van der Waals surface area (Å²) in [5.74, 6) is -1.24. The van der Waals surface area contributed by atoms with Gasteiger partial charge in [-0.3, -0.25) is 15.6 Å². The summed E-state index contributed by atoms with van der Waals surface area (Å²) in [4.78, 5) is 19.8. The zero-order valence-electron chi connectivity index (χ0n) is 14.2. The number of nitrogens with one attached hydrogen (secondary N) is 2. The second-order valence-electron chi connectivity index (χ2n) is 6.53. The summed E-state index contributed by atoms with van der Waals surface area (Å²) >= 11 is 1.15. The quantitative estimate of drug-likeness (QED) is 0.621. The smallest absolute Gasteiger partial charge is 0.254 e. The molecule has 2 fully saturated rings. The van der Waals surface area contributed by atoms with E-state index in [2.05, 4.69) is 9.36 Å². The van der Waals surface area contributed by atoms with Crippen LogP contribution in [0.15, 0.2) is 18.2 Å². The van der Waals surface area contributed by atoms with Crippen molar-refractivity contribution in [2.75, 3.05) is 19.6 Å². The fraction of sp³-hybridized carbons (Fsp3) is 0.353. The maximum absolute atomic E-state index is 13.4. The summed E-state index contributed by atoms with van der Waals surface area (Å²) in [6.45, 7) is 0.497. The normalized spacial score (nSPS) is 17.3. The first kappa shape index (κ1) is 17.7. The third-order valence-corrected chi connectivity index (χ3v) is 5.31. The summed E-state index contributed by atoms with van der Waals surface area (Å²) in [5.41, 5.74) is 0.0309. The van der Waals surface area contributed by atoms with E-state index >= 15 is 0 Å². The molecule has 1 aliphatic carbocycles. The predicted octanol–water partition coefficient (Wildman–Crippen LogP) is 2.45. The zero-order valence-corrected chi connectivity index (χ0v) is 15.0. The number of halogens is 2. The number of carbonyl (C=O) groups excluding carboxylic acids is 1. The van der Waals surface area contributed by atoms with E-state index in [9.17, 15) is 13.6 Å². The second kappa shape index (κ2) is 6.76. The van der Waals surface area contributed by atoms with Crippen molar-refractivity contribution >= 4 is 29.1 Å². The van der Waals surface area contributed by atoms with Gasteiger partial charge in [0.25, 0.3) is 5.91 Å².